The Morgan fingerprint density at radius 2 is 1.38 bits per heavy atom. The van der Waals surface area contributed by atoms with Gasteiger partial charge in [-0.1, -0.05) is 67.6 Å². The smallest absolute Gasteiger partial charge is 0.408 e. The number of benzene rings is 2. The van der Waals surface area contributed by atoms with Crippen LogP contribution < -0.4 is 10.6 Å². The van der Waals surface area contributed by atoms with E-state index >= 15 is 0 Å². The predicted octanol–water partition coefficient (Wildman–Crippen LogP) is 3.61. The zero-order valence-corrected chi connectivity index (χ0v) is 23.7. The molecule has 2 aromatic rings. The fraction of sp³-hybridized carbons (Fsp3) is 0.429. The van der Waals surface area contributed by atoms with Gasteiger partial charge in [0, 0.05) is 16.8 Å². The number of carbonyl (C=O) groups is 4. The number of carboxylic acids is 1. The maximum atomic E-state index is 11.9. The monoisotopic (exact) mass is 590 g/mol. The highest BCUT2D eigenvalue weighted by Gasteiger charge is 2.38. The quantitative estimate of drug-likeness (QED) is 0.255. The first-order valence-electron chi connectivity index (χ1n) is 12.9. The van der Waals surface area contributed by atoms with Gasteiger partial charge in [-0.25, -0.2) is 9.59 Å². The maximum absolute atomic E-state index is 11.9. The number of alkyl carbamates (subject to hydrolysis) is 2. The summed E-state index contributed by atoms with van der Waals surface area (Å²) < 4.78 is 10.1. The fourth-order valence-corrected chi connectivity index (χ4v) is 4.88. The largest absolute Gasteiger partial charge is 0.481 e. The number of thioether (sulfide) groups is 2. The molecular weight excluding hydrogens is 556 g/mol. The minimum absolute atomic E-state index is 0.0683. The number of amides is 2. The molecule has 2 fully saturated rings. The summed E-state index contributed by atoms with van der Waals surface area (Å²) in [6, 6.07) is 17.3. The van der Waals surface area contributed by atoms with E-state index in [2.05, 4.69) is 10.6 Å². The van der Waals surface area contributed by atoms with Crippen molar-refractivity contribution in [3.8, 4) is 0 Å². The molecule has 0 bridgehead atoms. The van der Waals surface area contributed by atoms with Crippen LogP contribution in [0, 0.1) is 0 Å². The second-order valence-corrected chi connectivity index (χ2v) is 11.7. The van der Waals surface area contributed by atoms with Crippen molar-refractivity contribution >= 4 is 47.5 Å². The van der Waals surface area contributed by atoms with Gasteiger partial charge in [0.1, 0.15) is 19.3 Å². The second kappa shape index (κ2) is 16.1. The third-order valence-corrected chi connectivity index (χ3v) is 7.88. The number of hydrogen-bond donors (Lipinski definition) is 4. The molecule has 0 aliphatic carbocycles. The van der Waals surface area contributed by atoms with Crippen molar-refractivity contribution in [3.63, 3.8) is 0 Å². The number of ketones is 1. The van der Waals surface area contributed by atoms with Gasteiger partial charge in [0.25, 0.3) is 0 Å². The molecular formula is C28H34N2O8S2. The molecule has 216 valence electrons. The summed E-state index contributed by atoms with van der Waals surface area (Å²) in [5, 5.41) is 23.9. The van der Waals surface area contributed by atoms with E-state index in [4.69, 9.17) is 14.6 Å². The summed E-state index contributed by atoms with van der Waals surface area (Å²) >= 11 is 3.15. The SMILES string of the molecule is CC[C@H](NC(=O)OCc1ccccc1)C(O)C1CS1.O=C(O)C[C@H](NC(=O)OCc1ccccc1)C(=O)C1CS1. The van der Waals surface area contributed by atoms with E-state index in [1.165, 1.54) is 11.8 Å². The standard InChI is InChI=1S/C14H15NO5S.C14H19NO3S/c16-12(17)6-10(13(18)11-8-21-11)15-14(19)20-7-9-4-2-1-3-5-9;1-2-11(13(16)12-9-19-12)15-14(17)18-8-10-6-4-3-5-7-10/h1-5,10-11H,6-8H2,(H,15,19)(H,16,17);3-7,11-13,16H,2,8-9H2,1H3,(H,15,17)/t10-,11?;11-,12?,13?/m00/s1. The Morgan fingerprint density at radius 3 is 1.80 bits per heavy atom. The molecule has 2 amide bonds. The van der Waals surface area contributed by atoms with Crippen molar-refractivity contribution in [2.75, 3.05) is 11.5 Å². The van der Waals surface area contributed by atoms with Gasteiger partial charge in [-0.2, -0.15) is 11.8 Å². The molecule has 2 aliphatic heterocycles. The molecule has 4 rings (SSSR count). The molecule has 10 nitrogen and oxygen atoms in total. The summed E-state index contributed by atoms with van der Waals surface area (Å²) in [6.45, 7) is 2.26. The van der Waals surface area contributed by atoms with Crippen LogP contribution in [-0.2, 0) is 32.3 Å². The highest BCUT2D eigenvalue weighted by molar-refractivity contribution is 8.07. The highest BCUT2D eigenvalue weighted by atomic mass is 32.2. The van der Waals surface area contributed by atoms with Crippen LogP contribution in [0.25, 0.3) is 0 Å². The first kappa shape index (κ1) is 31.3. The third-order valence-electron chi connectivity index (χ3n) is 5.99. The minimum atomic E-state index is -1.14. The van der Waals surface area contributed by atoms with Gasteiger partial charge >= 0.3 is 18.2 Å². The topological polar surface area (TPSA) is 151 Å². The van der Waals surface area contributed by atoms with E-state index in [9.17, 15) is 24.3 Å². The lowest BCUT2D eigenvalue weighted by Crippen LogP contribution is -2.45. The number of Topliss-reactive ketones (excluding diaryl/α,β-unsaturated/α-hetero) is 1. The molecule has 2 heterocycles. The Hall–Kier alpha value is -3.22. The van der Waals surface area contributed by atoms with Crippen LogP contribution in [0.4, 0.5) is 9.59 Å². The minimum Gasteiger partial charge on any atom is -0.481 e. The van der Waals surface area contributed by atoms with Crippen molar-refractivity contribution < 1.29 is 38.9 Å². The van der Waals surface area contributed by atoms with E-state index in [1.807, 2.05) is 55.5 Å². The number of nitrogens with one attached hydrogen (secondary N) is 2. The average Bonchev–Trinajstić information content (AvgIpc) is 3.87. The van der Waals surface area contributed by atoms with Gasteiger partial charge in [-0.15, -0.1) is 11.8 Å². The zero-order valence-electron chi connectivity index (χ0n) is 22.1. The maximum Gasteiger partial charge on any atom is 0.408 e. The van der Waals surface area contributed by atoms with Crippen molar-refractivity contribution in [1.29, 1.82) is 0 Å². The highest BCUT2D eigenvalue weighted by Crippen LogP contribution is 2.35. The number of rotatable bonds is 13. The number of hydrogen-bond acceptors (Lipinski definition) is 9. The Bertz CT molecular complexity index is 1110. The molecule has 40 heavy (non-hydrogen) atoms. The summed E-state index contributed by atoms with van der Waals surface area (Å²) in [4.78, 5) is 46.0. The van der Waals surface area contributed by atoms with Gasteiger partial charge in [0.2, 0.25) is 0 Å². The lowest BCUT2D eigenvalue weighted by atomic mass is 10.1. The molecule has 0 spiro atoms. The summed E-state index contributed by atoms with van der Waals surface area (Å²) in [6.07, 6.45) is -1.49. The second-order valence-electron chi connectivity index (χ2n) is 9.16. The first-order valence-corrected chi connectivity index (χ1v) is 15.0. The van der Waals surface area contributed by atoms with E-state index in [1.54, 1.807) is 23.9 Å². The number of ether oxygens (including phenoxy) is 2. The molecule has 2 aliphatic rings. The lowest BCUT2D eigenvalue weighted by Gasteiger charge is -2.21. The van der Waals surface area contributed by atoms with E-state index in [0.29, 0.717) is 12.2 Å². The van der Waals surface area contributed by atoms with E-state index in [0.717, 1.165) is 16.9 Å². The van der Waals surface area contributed by atoms with Crippen molar-refractivity contribution in [2.24, 2.45) is 0 Å². The van der Waals surface area contributed by atoms with Gasteiger partial charge in [0.05, 0.1) is 23.8 Å². The number of aliphatic hydroxyl groups excluding tert-OH is 1. The zero-order chi connectivity index (χ0) is 28.9. The van der Waals surface area contributed by atoms with Crippen molar-refractivity contribution in [3.05, 3.63) is 71.8 Å². The normalized spacial score (nSPS) is 18.9. The summed E-state index contributed by atoms with van der Waals surface area (Å²) in [5.74, 6) is 0.245. The molecule has 0 radical (unpaired) electrons. The third kappa shape index (κ3) is 11.5. The average molecular weight is 591 g/mol. The van der Waals surface area contributed by atoms with Crippen LogP contribution >= 0.6 is 23.5 Å². The van der Waals surface area contributed by atoms with Crippen LogP contribution in [0.3, 0.4) is 0 Å². The van der Waals surface area contributed by atoms with Crippen LogP contribution in [0.1, 0.15) is 30.9 Å². The molecule has 5 atom stereocenters. The molecule has 12 heteroatoms. The fourth-order valence-electron chi connectivity index (χ4n) is 3.60. The molecule has 0 saturated carbocycles. The van der Waals surface area contributed by atoms with Crippen LogP contribution in [-0.4, -0.2) is 74.3 Å². The van der Waals surface area contributed by atoms with Crippen molar-refractivity contribution in [2.45, 2.75) is 61.7 Å². The predicted molar refractivity (Wildman–Crippen MR) is 153 cm³/mol. The van der Waals surface area contributed by atoms with Crippen LogP contribution in [0.15, 0.2) is 60.7 Å². The Morgan fingerprint density at radius 1 is 0.875 bits per heavy atom. The van der Waals surface area contributed by atoms with Crippen molar-refractivity contribution in [1.82, 2.24) is 10.6 Å². The van der Waals surface area contributed by atoms with Crippen LogP contribution in [0.2, 0.25) is 0 Å². The summed E-state index contributed by atoms with van der Waals surface area (Å²) in [5.41, 5.74) is 1.76. The van der Waals surface area contributed by atoms with Gasteiger partial charge < -0.3 is 30.3 Å². The lowest BCUT2D eigenvalue weighted by molar-refractivity contribution is -0.139. The molecule has 2 saturated heterocycles. The van der Waals surface area contributed by atoms with Crippen LogP contribution in [0.5, 0.6) is 0 Å². The van der Waals surface area contributed by atoms with E-state index < -0.39 is 36.7 Å². The molecule has 2 aromatic carbocycles. The summed E-state index contributed by atoms with van der Waals surface area (Å²) in [7, 11) is 0. The van der Waals surface area contributed by atoms with Gasteiger partial charge in [-0.3, -0.25) is 9.59 Å². The molecule has 3 unspecified atom stereocenters. The Labute approximate surface area is 241 Å². The number of aliphatic carboxylic acids is 1. The van der Waals surface area contributed by atoms with Gasteiger partial charge in [0.15, 0.2) is 5.78 Å². The number of aliphatic hydroxyl groups is 1. The number of carbonyl (C=O) groups excluding carboxylic acids is 3. The Balaban J connectivity index is 0.000000222. The Kier molecular flexibility index (Phi) is 12.6. The number of carboxylic acid groups (broad SMARTS) is 1. The molecule has 0 aromatic heterocycles. The van der Waals surface area contributed by atoms with Gasteiger partial charge in [-0.05, 0) is 17.5 Å². The first-order chi connectivity index (χ1) is 19.3. The molecule has 4 N–H and O–H groups in total. The van der Waals surface area contributed by atoms with E-state index in [-0.39, 0.29) is 35.5 Å².